The average Bonchev–Trinajstić information content (AvgIpc) is 3.01. The van der Waals surface area contributed by atoms with Crippen LogP contribution in [-0.4, -0.2) is 20.7 Å². The summed E-state index contributed by atoms with van der Waals surface area (Å²) in [4.78, 5) is 38.5. The van der Waals surface area contributed by atoms with Crippen molar-refractivity contribution in [2.45, 2.75) is 45.6 Å². The van der Waals surface area contributed by atoms with Crippen molar-refractivity contribution in [1.29, 1.82) is 0 Å². The molecule has 1 aliphatic rings. The summed E-state index contributed by atoms with van der Waals surface area (Å²) in [5, 5.41) is 11.5. The van der Waals surface area contributed by atoms with E-state index < -0.39 is 35.2 Å². The molecule has 0 unspecified atom stereocenters. The lowest BCUT2D eigenvalue weighted by Crippen LogP contribution is -2.44. The monoisotopic (exact) mass is 417 g/mol. The van der Waals surface area contributed by atoms with E-state index in [0.717, 1.165) is 10.4 Å². The zero-order valence-electron chi connectivity index (χ0n) is 15.9. The summed E-state index contributed by atoms with van der Waals surface area (Å²) in [6.45, 7) is 3.38. The van der Waals surface area contributed by atoms with Crippen LogP contribution in [0.2, 0.25) is 0 Å². The number of carboxylic acids is 1. The van der Waals surface area contributed by atoms with Gasteiger partial charge in [0.2, 0.25) is 0 Å². The van der Waals surface area contributed by atoms with Gasteiger partial charge in [-0.15, -0.1) is 11.3 Å². The van der Waals surface area contributed by atoms with E-state index in [4.69, 9.17) is 4.74 Å². The van der Waals surface area contributed by atoms with E-state index >= 15 is 0 Å². The number of aromatic nitrogens is 2. The van der Waals surface area contributed by atoms with Gasteiger partial charge in [-0.25, -0.2) is 9.18 Å². The van der Waals surface area contributed by atoms with Gasteiger partial charge in [0.25, 0.3) is 5.56 Å². The number of rotatable bonds is 4. The number of fused-ring (bicyclic) bond motifs is 3. The average molecular weight is 417 g/mol. The maximum Gasteiger partial charge on any atom is 0.332 e. The molecule has 0 amide bonds. The Morgan fingerprint density at radius 3 is 2.59 bits per heavy atom. The molecule has 152 valence electrons. The van der Waals surface area contributed by atoms with Crippen molar-refractivity contribution in [2.24, 2.45) is 0 Å². The van der Waals surface area contributed by atoms with Crippen LogP contribution in [0.15, 0.2) is 33.9 Å². The molecule has 0 spiro atoms. The zero-order chi connectivity index (χ0) is 20.9. The predicted octanol–water partition coefficient (Wildman–Crippen LogP) is 1.01. The molecule has 7 nitrogen and oxygen atoms in total. The van der Waals surface area contributed by atoms with Crippen molar-refractivity contribution in [3.05, 3.63) is 66.9 Å². The lowest BCUT2D eigenvalue weighted by molar-refractivity contribution is -0.306. The Bertz CT molecular complexity index is 1240. The second-order valence-electron chi connectivity index (χ2n) is 7.67. The number of ether oxygens (including phenoxy) is 1. The summed E-state index contributed by atoms with van der Waals surface area (Å²) < 4.78 is 21.1. The van der Waals surface area contributed by atoms with Crippen LogP contribution in [0.1, 0.15) is 29.9 Å². The molecule has 0 aliphatic carbocycles. The first-order chi connectivity index (χ1) is 13.7. The third-order valence-electron chi connectivity index (χ3n) is 4.98. The highest BCUT2D eigenvalue weighted by atomic mass is 32.1. The number of aliphatic carboxylic acids is 1. The van der Waals surface area contributed by atoms with Crippen molar-refractivity contribution in [2.75, 3.05) is 0 Å². The highest BCUT2D eigenvalue weighted by molar-refractivity contribution is 7.18. The highest BCUT2D eigenvalue weighted by Crippen LogP contribution is 2.37. The molecule has 2 aromatic heterocycles. The Morgan fingerprint density at radius 2 is 1.93 bits per heavy atom. The number of halogens is 1. The third kappa shape index (κ3) is 3.51. The van der Waals surface area contributed by atoms with E-state index in [0.29, 0.717) is 33.4 Å². The van der Waals surface area contributed by atoms with Crippen LogP contribution in [0.25, 0.3) is 10.2 Å². The Balaban J connectivity index is 1.99. The Morgan fingerprint density at radius 1 is 1.24 bits per heavy atom. The SMILES string of the molecule is CC1(C)Cc2c(sc3c2c(=O)n(CC(=O)[O-])c(=O)n3Cc2ccc(F)cc2)CO1. The van der Waals surface area contributed by atoms with Crippen LogP contribution in [0.5, 0.6) is 0 Å². The maximum atomic E-state index is 13.2. The minimum Gasteiger partial charge on any atom is -0.548 e. The smallest absolute Gasteiger partial charge is 0.332 e. The number of hydrogen-bond acceptors (Lipinski definition) is 6. The fourth-order valence-corrected chi connectivity index (χ4v) is 4.80. The van der Waals surface area contributed by atoms with E-state index in [-0.39, 0.29) is 6.54 Å². The molecule has 29 heavy (non-hydrogen) atoms. The lowest BCUT2D eigenvalue weighted by atomic mass is 9.94. The van der Waals surface area contributed by atoms with Crippen molar-refractivity contribution >= 4 is 27.5 Å². The molecular formula is C20H18FN2O5S-. The third-order valence-corrected chi connectivity index (χ3v) is 6.20. The molecule has 4 rings (SSSR count). The number of nitrogens with zero attached hydrogens (tertiary/aromatic N) is 2. The van der Waals surface area contributed by atoms with E-state index in [1.807, 2.05) is 13.8 Å². The second kappa shape index (κ2) is 6.93. The standard InChI is InChI=1S/C20H19FN2O5S/c1-20(2)7-13-14(10-28-20)29-18-16(13)17(26)22(9-15(24)25)19(27)23(18)8-11-3-5-12(21)6-4-11/h3-6H,7-10H2,1-2H3,(H,24,25)/p-1. The number of carbonyl (C=O) groups is 1. The number of hydrogen-bond donors (Lipinski definition) is 0. The summed E-state index contributed by atoms with van der Waals surface area (Å²) in [6.07, 6.45) is 0.470. The molecular weight excluding hydrogens is 399 g/mol. The van der Waals surface area contributed by atoms with Crippen LogP contribution < -0.4 is 16.4 Å². The van der Waals surface area contributed by atoms with Gasteiger partial charge in [0.1, 0.15) is 10.6 Å². The first kappa shape index (κ1) is 19.5. The molecule has 3 heterocycles. The van der Waals surface area contributed by atoms with Crippen LogP contribution in [0.4, 0.5) is 4.39 Å². The normalized spacial score (nSPS) is 15.4. The Labute approximate surface area is 168 Å². The number of thiophene rings is 1. The fraction of sp³-hybridized carbons (Fsp3) is 0.350. The molecule has 1 aromatic carbocycles. The fourth-order valence-electron chi connectivity index (χ4n) is 3.58. The van der Waals surface area contributed by atoms with Gasteiger partial charge in [0, 0.05) is 11.3 Å². The van der Waals surface area contributed by atoms with Gasteiger partial charge in [0.15, 0.2) is 0 Å². The first-order valence-electron chi connectivity index (χ1n) is 9.02. The van der Waals surface area contributed by atoms with Gasteiger partial charge in [-0.2, -0.15) is 0 Å². The van der Waals surface area contributed by atoms with Crippen LogP contribution in [-0.2, 0) is 35.6 Å². The van der Waals surface area contributed by atoms with Crippen LogP contribution in [0.3, 0.4) is 0 Å². The lowest BCUT2D eigenvalue weighted by Gasteiger charge is -2.29. The molecule has 9 heteroatoms. The molecule has 0 saturated heterocycles. The van der Waals surface area contributed by atoms with E-state index in [1.165, 1.54) is 28.0 Å². The summed E-state index contributed by atoms with van der Waals surface area (Å²) in [7, 11) is 0. The zero-order valence-corrected chi connectivity index (χ0v) is 16.7. The highest BCUT2D eigenvalue weighted by Gasteiger charge is 2.32. The molecule has 0 radical (unpaired) electrons. The maximum absolute atomic E-state index is 13.2. The second-order valence-corrected chi connectivity index (χ2v) is 8.75. The van der Waals surface area contributed by atoms with E-state index in [1.54, 1.807) is 12.1 Å². The quantitative estimate of drug-likeness (QED) is 0.632. The van der Waals surface area contributed by atoms with Gasteiger partial charge in [0.05, 0.1) is 36.7 Å². The van der Waals surface area contributed by atoms with Gasteiger partial charge in [-0.1, -0.05) is 12.1 Å². The summed E-state index contributed by atoms with van der Waals surface area (Å²) in [5.41, 5.74) is -0.429. The predicted molar refractivity (Wildman–Crippen MR) is 103 cm³/mol. The first-order valence-corrected chi connectivity index (χ1v) is 9.84. The molecule has 0 N–H and O–H groups in total. The van der Waals surface area contributed by atoms with Crippen molar-refractivity contribution in [3.63, 3.8) is 0 Å². The van der Waals surface area contributed by atoms with Crippen LogP contribution in [0, 0.1) is 5.82 Å². The molecule has 0 atom stereocenters. The Hall–Kier alpha value is -2.78. The molecule has 0 saturated carbocycles. The van der Waals surface area contributed by atoms with Gasteiger partial charge < -0.3 is 14.6 Å². The van der Waals surface area contributed by atoms with Crippen LogP contribution >= 0.6 is 11.3 Å². The summed E-state index contributed by atoms with van der Waals surface area (Å²) in [6, 6.07) is 5.65. The molecule has 0 bridgehead atoms. The van der Waals surface area contributed by atoms with Gasteiger partial charge in [-0.3, -0.25) is 13.9 Å². The largest absolute Gasteiger partial charge is 0.548 e. The molecule has 3 aromatic rings. The van der Waals surface area contributed by atoms with Crippen molar-refractivity contribution < 1.29 is 19.0 Å². The molecule has 0 fully saturated rings. The summed E-state index contributed by atoms with van der Waals surface area (Å²) >= 11 is 1.29. The van der Waals surface area contributed by atoms with E-state index in [9.17, 15) is 23.9 Å². The van der Waals surface area contributed by atoms with Crippen molar-refractivity contribution in [1.82, 2.24) is 9.13 Å². The summed E-state index contributed by atoms with van der Waals surface area (Å²) in [5.74, 6) is -1.93. The minimum atomic E-state index is -1.52. The number of carbonyl (C=O) groups excluding carboxylic acids is 1. The Kier molecular flexibility index (Phi) is 4.66. The number of benzene rings is 1. The van der Waals surface area contributed by atoms with Crippen molar-refractivity contribution in [3.8, 4) is 0 Å². The number of carboxylic acid groups (broad SMARTS) is 1. The molecule has 1 aliphatic heterocycles. The van der Waals surface area contributed by atoms with E-state index in [2.05, 4.69) is 0 Å². The van der Waals surface area contributed by atoms with Gasteiger partial charge in [-0.05, 0) is 37.1 Å². The van der Waals surface area contributed by atoms with Gasteiger partial charge >= 0.3 is 5.69 Å². The topological polar surface area (TPSA) is 93.4 Å². The minimum absolute atomic E-state index is 0.0760.